The minimum absolute atomic E-state index is 0.154. The van der Waals surface area contributed by atoms with E-state index in [9.17, 15) is 14.3 Å². The van der Waals surface area contributed by atoms with Crippen molar-refractivity contribution in [3.05, 3.63) is 87.6 Å². The van der Waals surface area contributed by atoms with Crippen LogP contribution >= 0.6 is 11.3 Å². The van der Waals surface area contributed by atoms with Crippen molar-refractivity contribution in [3.63, 3.8) is 0 Å². The van der Waals surface area contributed by atoms with E-state index >= 15 is 0 Å². The fourth-order valence-corrected chi connectivity index (χ4v) is 7.76. The molecule has 3 aromatic rings. The molecule has 3 atom stereocenters. The molecule has 0 amide bonds. The molecular weight excluding hydrogens is 509 g/mol. The van der Waals surface area contributed by atoms with E-state index in [1.807, 2.05) is 23.5 Å². The van der Waals surface area contributed by atoms with Gasteiger partial charge in [-0.15, -0.1) is 11.3 Å². The molecule has 3 aliphatic rings. The quantitative estimate of drug-likeness (QED) is 0.336. The second-order valence-electron chi connectivity index (χ2n) is 11.8. The summed E-state index contributed by atoms with van der Waals surface area (Å²) in [4.78, 5) is 23.1. The molecule has 1 aromatic heterocycles. The lowest BCUT2D eigenvalue weighted by Gasteiger charge is -2.34. The number of aromatic nitrogens is 1. The number of hydrogen-bond donors (Lipinski definition) is 1. The number of carboxylic acid groups (broad SMARTS) is 1. The minimum atomic E-state index is -0.711. The standard InChI is InChI=1S/C32H38FN3O2S/c33-27-8-4-7-25(17-27)28-21-36(29(32(37)38)15-23-9-10-23)20-26(28)19-35-13-11-24(12-14-35)30-18-34-31(39-30)16-22-5-2-1-3-6-22/h1-8,17-18,23-24,26,28-29H,9-16,19-21H2,(H,37,38)/t26?,28-,29-/m1/s1. The number of rotatable bonds is 10. The van der Waals surface area contributed by atoms with E-state index < -0.39 is 12.0 Å². The zero-order valence-corrected chi connectivity index (χ0v) is 23.2. The van der Waals surface area contributed by atoms with Gasteiger partial charge in [-0.05, 0) is 73.4 Å². The number of piperidine rings is 1. The Balaban J connectivity index is 1.09. The normalized spacial score (nSPS) is 23.7. The van der Waals surface area contributed by atoms with Gasteiger partial charge in [0.25, 0.3) is 0 Å². The lowest BCUT2D eigenvalue weighted by molar-refractivity contribution is -0.143. The fraction of sp³-hybridized carbons (Fsp3) is 0.500. The van der Waals surface area contributed by atoms with Crippen molar-refractivity contribution in [2.45, 2.75) is 56.4 Å². The highest BCUT2D eigenvalue weighted by molar-refractivity contribution is 7.11. The summed E-state index contributed by atoms with van der Waals surface area (Å²) in [5.41, 5.74) is 2.30. The first-order valence-electron chi connectivity index (χ1n) is 14.4. The van der Waals surface area contributed by atoms with E-state index in [1.54, 1.807) is 12.1 Å². The van der Waals surface area contributed by atoms with E-state index in [2.05, 4.69) is 40.3 Å². The summed E-state index contributed by atoms with van der Waals surface area (Å²) in [5, 5.41) is 11.2. The van der Waals surface area contributed by atoms with Gasteiger partial charge in [0.05, 0.1) is 5.01 Å². The van der Waals surface area contributed by atoms with Gasteiger partial charge in [-0.1, -0.05) is 55.3 Å². The molecular formula is C32H38FN3O2S. The first-order valence-corrected chi connectivity index (χ1v) is 15.3. The molecule has 7 heteroatoms. The average molecular weight is 548 g/mol. The van der Waals surface area contributed by atoms with E-state index in [1.165, 1.54) is 21.5 Å². The van der Waals surface area contributed by atoms with Crippen LogP contribution in [0.5, 0.6) is 0 Å². The third kappa shape index (κ3) is 6.59. The van der Waals surface area contributed by atoms with Gasteiger partial charge in [0, 0.05) is 43.0 Å². The molecule has 6 rings (SSSR count). The second kappa shape index (κ2) is 11.9. The summed E-state index contributed by atoms with van der Waals surface area (Å²) in [5.74, 6) is 0.632. The van der Waals surface area contributed by atoms with Crippen LogP contribution < -0.4 is 0 Å². The summed E-state index contributed by atoms with van der Waals surface area (Å²) in [7, 11) is 0. The lowest BCUT2D eigenvalue weighted by atomic mass is 9.87. The predicted octanol–water partition coefficient (Wildman–Crippen LogP) is 6.02. The van der Waals surface area contributed by atoms with Crippen LogP contribution in [0.1, 0.15) is 65.0 Å². The molecule has 2 saturated heterocycles. The zero-order valence-electron chi connectivity index (χ0n) is 22.4. The van der Waals surface area contributed by atoms with Crippen molar-refractivity contribution in [2.24, 2.45) is 11.8 Å². The highest BCUT2D eigenvalue weighted by Gasteiger charge is 2.42. The maximum atomic E-state index is 14.2. The fourth-order valence-electron chi connectivity index (χ4n) is 6.63. The number of hydrogen-bond acceptors (Lipinski definition) is 5. The van der Waals surface area contributed by atoms with E-state index in [4.69, 9.17) is 4.98 Å². The van der Waals surface area contributed by atoms with Crippen LogP contribution in [0.3, 0.4) is 0 Å². The molecule has 0 radical (unpaired) electrons. The van der Waals surface area contributed by atoms with Gasteiger partial charge in [-0.3, -0.25) is 9.69 Å². The zero-order chi connectivity index (χ0) is 26.8. The highest BCUT2D eigenvalue weighted by atomic mass is 32.1. The molecule has 5 nitrogen and oxygen atoms in total. The first kappa shape index (κ1) is 26.6. The number of likely N-dealkylation sites (tertiary alicyclic amines) is 2. The maximum absolute atomic E-state index is 14.2. The number of aliphatic carboxylic acids is 1. The molecule has 1 N–H and O–H groups in total. The summed E-state index contributed by atoms with van der Waals surface area (Å²) in [6.07, 6.45) is 8.26. The number of halogens is 1. The lowest BCUT2D eigenvalue weighted by Crippen LogP contribution is -2.41. The van der Waals surface area contributed by atoms with Gasteiger partial charge < -0.3 is 10.0 Å². The van der Waals surface area contributed by atoms with Crippen LogP contribution in [0, 0.1) is 17.7 Å². The number of nitrogens with zero attached hydrogens (tertiary/aromatic N) is 3. The third-order valence-corrected chi connectivity index (χ3v) is 10.1. The van der Waals surface area contributed by atoms with Gasteiger partial charge >= 0.3 is 5.97 Å². The highest BCUT2D eigenvalue weighted by Crippen LogP contribution is 2.40. The van der Waals surface area contributed by atoms with Crippen molar-refractivity contribution in [1.29, 1.82) is 0 Å². The Morgan fingerprint density at radius 2 is 1.85 bits per heavy atom. The number of carboxylic acids is 1. The van der Waals surface area contributed by atoms with Crippen LogP contribution in [-0.2, 0) is 11.2 Å². The summed E-state index contributed by atoms with van der Waals surface area (Å²) >= 11 is 1.86. The summed E-state index contributed by atoms with van der Waals surface area (Å²) < 4.78 is 14.2. The molecule has 2 aliphatic heterocycles. The third-order valence-electron chi connectivity index (χ3n) is 8.98. The first-order chi connectivity index (χ1) is 19.0. The van der Waals surface area contributed by atoms with Gasteiger partial charge in [0.15, 0.2) is 0 Å². The Hall–Kier alpha value is -2.61. The Bertz CT molecular complexity index is 1260. The minimum Gasteiger partial charge on any atom is -0.480 e. The van der Waals surface area contributed by atoms with Crippen LogP contribution in [0.25, 0.3) is 0 Å². The van der Waals surface area contributed by atoms with Crippen molar-refractivity contribution < 1.29 is 14.3 Å². The second-order valence-corrected chi connectivity index (χ2v) is 12.9. The monoisotopic (exact) mass is 547 g/mol. The van der Waals surface area contributed by atoms with Gasteiger partial charge in [-0.25, -0.2) is 9.37 Å². The molecule has 3 fully saturated rings. The Labute approximate surface area is 234 Å². The molecule has 0 bridgehead atoms. The molecule has 206 valence electrons. The molecule has 1 saturated carbocycles. The molecule has 0 spiro atoms. The smallest absolute Gasteiger partial charge is 0.320 e. The van der Waals surface area contributed by atoms with Crippen molar-refractivity contribution in [2.75, 3.05) is 32.7 Å². The van der Waals surface area contributed by atoms with Crippen molar-refractivity contribution in [1.82, 2.24) is 14.8 Å². The molecule has 1 aliphatic carbocycles. The molecule has 2 aromatic carbocycles. The van der Waals surface area contributed by atoms with Crippen LogP contribution in [0.2, 0.25) is 0 Å². The summed E-state index contributed by atoms with van der Waals surface area (Å²) in [6.45, 7) is 4.46. The summed E-state index contributed by atoms with van der Waals surface area (Å²) in [6, 6.07) is 17.0. The van der Waals surface area contributed by atoms with Crippen LogP contribution in [-0.4, -0.2) is 64.6 Å². The topological polar surface area (TPSA) is 56.7 Å². The Morgan fingerprint density at radius 3 is 2.56 bits per heavy atom. The predicted molar refractivity (Wildman–Crippen MR) is 153 cm³/mol. The van der Waals surface area contributed by atoms with E-state index in [0.29, 0.717) is 24.3 Å². The van der Waals surface area contributed by atoms with Gasteiger partial charge in [0.2, 0.25) is 0 Å². The molecule has 3 heterocycles. The Kier molecular flexibility index (Phi) is 8.09. The molecule has 1 unspecified atom stereocenters. The van der Waals surface area contributed by atoms with E-state index in [0.717, 1.165) is 70.3 Å². The number of carbonyl (C=O) groups is 1. The SMILES string of the molecule is O=C(O)[C@@H](CC1CC1)N1CC(CN2CCC(c3cnc(Cc4ccccc4)s3)CC2)[C@@H](c2cccc(F)c2)C1. The average Bonchev–Trinajstić information content (AvgIpc) is 3.49. The van der Waals surface area contributed by atoms with Gasteiger partial charge in [-0.2, -0.15) is 0 Å². The van der Waals surface area contributed by atoms with Crippen LogP contribution in [0.15, 0.2) is 60.8 Å². The molecule has 39 heavy (non-hydrogen) atoms. The van der Waals surface area contributed by atoms with Gasteiger partial charge in [0.1, 0.15) is 11.9 Å². The maximum Gasteiger partial charge on any atom is 0.320 e. The Morgan fingerprint density at radius 1 is 1.05 bits per heavy atom. The van der Waals surface area contributed by atoms with E-state index in [-0.39, 0.29) is 11.7 Å². The van der Waals surface area contributed by atoms with Crippen molar-refractivity contribution in [3.8, 4) is 0 Å². The van der Waals surface area contributed by atoms with Crippen LogP contribution in [0.4, 0.5) is 4.39 Å². The number of thiazole rings is 1. The number of benzene rings is 2. The largest absolute Gasteiger partial charge is 0.480 e. The van der Waals surface area contributed by atoms with Crippen molar-refractivity contribution >= 4 is 17.3 Å².